The molecule has 4 aromatic rings. The molecule has 10 heteroatoms. The van der Waals surface area contributed by atoms with Crippen molar-refractivity contribution >= 4 is 33.7 Å². The fourth-order valence-corrected chi connectivity index (χ4v) is 12.0. The van der Waals surface area contributed by atoms with Crippen LogP contribution >= 0.6 is 0 Å². The van der Waals surface area contributed by atoms with Crippen molar-refractivity contribution in [3.63, 3.8) is 0 Å². The summed E-state index contributed by atoms with van der Waals surface area (Å²) in [6.07, 6.45) is 5.48. The number of methoxy groups -OCH3 is 3. The fourth-order valence-electron chi connectivity index (χ4n) is 12.0. The summed E-state index contributed by atoms with van der Waals surface area (Å²) < 4.78 is 17.5. The van der Waals surface area contributed by atoms with Gasteiger partial charge in [-0.25, -0.2) is 0 Å². The molecule has 10 unspecified atom stereocenters. The summed E-state index contributed by atoms with van der Waals surface area (Å²) in [7, 11) is 6.87. The van der Waals surface area contributed by atoms with E-state index in [2.05, 4.69) is 76.2 Å². The van der Waals surface area contributed by atoms with E-state index in [1.807, 2.05) is 6.92 Å². The molecule has 3 saturated heterocycles. The standard InChI is InChI=1S/C43H52N4O6/c1-7-24-21-46(3)35-17-32-25-10-8-9-11-33(25)44-38(32)31(15-28(24)37(35)41(49)52-5)30-16-29-26-12-13-47-20-23-14-27(22(2)48)40(47)43(19-23,42(50)53-6)39(26)45-34(29)18-36(30)51-4/h7-11,16,18,22-23,27-28,31,35,37,40,44-45,48H,12-15,17,19-21H2,1-6H3. The third-order valence-corrected chi connectivity index (χ3v) is 14.2. The van der Waals surface area contributed by atoms with Crippen molar-refractivity contribution < 1.29 is 28.9 Å². The molecule has 2 aromatic carbocycles. The summed E-state index contributed by atoms with van der Waals surface area (Å²) >= 11 is 0. The van der Waals surface area contributed by atoms with E-state index in [1.165, 1.54) is 36.4 Å². The molecule has 10 rings (SSSR count). The maximum Gasteiger partial charge on any atom is 0.319 e. The van der Waals surface area contributed by atoms with Crippen LogP contribution in [0.5, 0.6) is 5.75 Å². The molecular formula is C43H52N4O6. The Morgan fingerprint density at radius 3 is 2.58 bits per heavy atom. The SMILES string of the molecule is CC=C1CN(C)C2Cc3c([nH]c4ccccc34)C(c3cc4c5c([nH]c4cc3OC)C3(C(=O)OC)CC4CC(C(C)O)C3N(CC5)C4)CC1C2C(=O)OC. The molecular weight excluding hydrogens is 668 g/mol. The Labute approximate surface area is 310 Å². The number of para-hydroxylation sites is 1. The monoisotopic (exact) mass is 720 g/mol. The van der Waals surface area contributed by atoms with Crippen molar-refractivity contribution in [1.29, 1.82) is 0 Å². The molecule has 3 N–H and O–H groups in total. The highest BCUT2D eigenvalue weighted by Crippen LogP contribution is 2.56. The molecule has 1 saturated carbocycles. The third kappa shape index (κ3) is 4.94. The van der Waals surface area contributed by atoms with E-state index in [9.17, 15) is 14.7 Å². The van der Waals surface area contributed by atoms with Crippen LogP contribution in [0.3, 0.4) is 0 Å². The second-order valence-corrected chi connectivity index (χ2v) is 16.5. The second-order valence-electron chi connectivity index (χ2n) is 16.5. The van der Waals surface area contributed by atoms with Crippen LogP contribution in [0.15, 0.2) is 48.0 Å². The number of aromatic amines is 2. The van der Waals surface area contributed by atoms with Crippen LogP contribution in [0.25, 0.3) is 21.8 Å². The van der Waals surface area contributed by atoms with Crippen molar-refractivity contribution in [1.82, 2.24) is 19.8 Å². The second kappa shape index (κ2) is 12.7. The number of esters is 2. The van der Waals surface area contributed by atoms with E-state index in [0.717, 1.165) is 71.5 Å². The summed E-state index contributed by atoms with van der Waals surface area (Å²) in [5.41, 5.74) is 7.92. The number of likely N-dealkylation sites (N-methyl/N-ethyl adjacent to an activating group) is 1. The Hall–Kier alpha value is -4.12. The molecule has 6 bridgehead atoms. The number of benzene rings is 2. The zero-order valence-electron chi connectivity index (χ0n) is 31.7. The van der Waals surface area contributed by atoms with Gasteiger partial charge in [-0.3, -0.25) is 19.4 Å². The van der Waals surface area contributed by atoms with Crippen molar-refractivity contribution in [3.05, 3.63) is 76.1 Å². The summed E-state index contributed by atoms with van der Waals surface area (Å²) in [5.74, 6) is 0.188. The number of aromatic nitrogens is 2. The summed E-state index contributed by atoms with van der Waals surface area (Å²) in [6.45, 7) is 6.50. The fraction of sp³-hybridized carbons (Fsp3) is 0.535. The zero-order chi connectivity index (χ0) is 36.9. The smallest absolute Gasteiger partial charge is 0.319 e. The quantitative estimate of drug-likeness (QED) is 0.184. The molecule has 6 heterocycles. The van der Waals surface area contributed by atoms with E-state index >= 15 is 0 Å². The number of ether oxygens (including phenoxy) is 3. The molecule has 10 atom stereocenters. The Balaban J connectivity index is 1.27. The number of carbonyl (C=O) groups excluding carboxylic acids is 2. The van der Waals surface area contributed by atoms with Gasteiger partial charge >= 0.3 is 11.9 Å². The number of nitrogens with zero attached hydrogens (tertiary/aromatic N) is 2. The van der Waals surface area contributed by atoms with Crippen LogP contribution in [0.2, 0.25) is 0 Å². The van der Waals surface area contributed by atoms with Crippen LogP contribution in [-0.2, 0) is 37.3 Å². The number of likely N-dealkylation sites (tertiary alicyclic amines) is 1. The summed E-state index contributed by atoms with van der Waals surface area (Å²) in [6, 6.07) is 12.7. The number of hydrogen-bond donors (Lipinski definition) is 3. The Kier molecular flexibility index (Phi) is 8.33. The predicted octanol–water partition coefficient (Wildman–Crippen LogP) is 5.46. The topological polar surface area (TPSA) is 120 Å². The van der Waals surface area contributed by atoms with E-state index < -0.39 is 11.5 Å². The van der Waals surface area contributed by atoms with Crippen LogP contribution in [0.4, 0.5) is 0 Å². The van der Waals surface area contributed by atoms with Gasteiger partial charge in [0.15, 0.2) is 0 Å². The summed E-state index contributed by atoms with van der Waals surface area (Å²) in [4.78, 5) is 40.5. The molecule has 2 aromatic heterocycles. The average Bonchev–Trinajstić information content (AvgIpc) is 3.69. The van der Waals surface area contributed by atoms with Gasteiger partial charge in [-0.1, -0.05) is 29.8 Å². The van der Waals surface area contributed by atoms with Gasteiger partial charge in [0, 0.05) is 88.4 Å². The number of allylic oxidation sites excluding steroid dienone is 1. The van der Waals surface area contributed by atoms with Gasteiger partial charge in [-0.15, -0.1) is 0 Å². The molecule has 4 fully saturated rings. The van der Waals surface area contributed by atoms with Crippen molar-refractivity contribution in [2.75, 3.05) is 48.0 Å². The number of hydrogen-bond acceptors (Lipinski definition) is 8. The number of carbonyl (C=O) groups is 2. The number of nitrogens with one attached hydrogen (secondary N) is 2. The van der Waals surface area contributed by atoms with Crippen molar-refractivity contribution in [3.8, 4) is 5.75 Å². The first kappa shape index (κ1) is 34.6. The molecule has 4 aliphatic heterocycles. The highest BCUT2D eigenvalue weighted by molar-refractivity contribution is 5.93. The Morgan fingerprint density at radius 1 is 1.04 bits per heavy atom. The molecule has 2 aliphatic carbocycles. The largest absolute Gasteiger partial charge is 0.496 e. The zero-order valence-corrected chi connectivity index (χ0v) is 31.7. The first-order valence-corrected chi connectivity index (χ1v) is 19.4. The molecule has 0 amide bonds. The van der Waals surface area contributed by atoms with Gasteiger partial charge in [-0.2, -0.15) is 0 Å². The molecule has 0 radical (unpaired) electrons. The lowest BCUT2D eigenvalue weighted by Crippen LogP contribution is -2.68. The van der Waals surface area contributed by atoms with Gasteiger partial charge in [0.05, 0.1) is 33.4 Å². The molecule has 0 spiro atoms. The molecule has 53 heavy (non-hydrogen) atoms. The minimum atomic E-state index is -0.905. The highest BCUT2D eigenvalue weighted by Gasteiger charge is 2.64. The number of piperidine rings is 3. The number of aliphatic hydroxyl groups is 1. The van der Waals surface area contributed by atoms with Gasteiger partial charge < -0.3 is 29.3 Å². The molecule has 280 valence electrons. The summed E-state index contributed by atoms with van der Waals surface area (Å²) in [5, 5.41) is 13.3. The number of rotatable bonds is 5. The Bertz CT molecular complexity index is 2150. The predicted molar refractivity (Wildman–Crippen MR) is 203 cm³/mol. The van der Waals surface area contributed by atoms with Crippen molar-refractivity contribution in [2.45, 2.75) is 75.5 Å². The van der Waals surface area contributed by atoms with Gasteiger partial charge in [0.25, 0.3) is 0 Å². The maximum absolute atomic E-state index is 14.2. The van der Waals surface area contributed by atoms with E-state index in [0.29, 0.717) is 25.2 Å². The minimum Gasteiger partial charge on any atom is -0.496 e. The molecule has 10 nitrogen and oxygen atoms in total. The van der Waals surface area contributed by atoms with Crippen LogP contribution in [0, 0.1) is 23.7 Å². The van der Waals surface area contributed by atoms with E-state index in [-0.39, 0.29) is 47.7 Å². The van der Waals surface area contributed by atoms with Crippen LogP contribution in [0.1, 0.15) is 67.1 Å². The van der Waals surface area contributed by atoms with Crippen molar-refractivity contribution in [2.24, 2.45) is 23.7 Å². The van der Waals surface area contributed by atoms with E-state index in [1.54, 1.807) is 7.11 Å². The van der Waals surface area contributed by atoms with Gasteiger partial charge in [0.1, 0.15) is 11.2 Å². The van der Waals surface area contributed by atoms with Gasteiger partial charge in [-0.05, 0) is 88.1 Å². The first-order valence-electron chi connectivity index (χ1n) is 19.4. The lowest BCUT2D eigenvalue weighted by molar-refractivity contribution is -0.166. The Morgan fingerprint density at radius 2 is 1.85 bits per heavy atom. The normalized spacial score (nSPS) is 33.5. The lowest BCUT2D eigenvalue weighted by Gasteiger charge is -2.58. The van der Waals surface area contributed by atoms with Crippen LogP contribution in [-0.4, -0.2) is 103 Å². The number of H-pyrrole nitrogens is 2. The number of aliphatic hydroxyl groups excluding tert-OH is 1. The average molecular weight is 721 g/mol. The third-order valence-electron chi connectivity index (χ3n) is 14.2. The lowest BCUT2D eigenvalue weighted by atomic mass is 9.56. The van der Waals surface area contributed by atoms with Crippen LogP contribution < -0.4 is 4.74 Å². The minimum absolute atomic E-state index is 0.00969. The number of fused-ring (bicyclic) bond motifs is 9. The first-order chi connectivity index (χ1) is 25.6. The highest BCUT2D eigenvalue weighted by atomic mass is 16.5. The van der Waals surface area contributed by atoms with E-state index in [4.69, 9.17) is 14.2 Å². The molecule has 6 aliphatic rings. The maximum atomic E-state index is 14.2. The van der Waals surface area contributed by atoms with Gasteiger partial charge in [0.2, 0.25) is 0 Å².